The van der Waals surface area contributed by atoms with E-state index in [9.17, 15) is 0 Å². The molecule has 1 heteroatoms. The van der Waals surface area contributed by atoms with Crippen molar-refractivity contribution in [2.45, 2.75) is 26.8 Å². The van der Waals surface area contributed by atoms with Gasteiger partial charge < -0.3 is 5.32 Å². The summed E-state index contributed by atoms with van der Waals surface area (Å²) in [6.45, 7) is 5.37. The van der Waals surface area contributed by atoms with Gasteiger partial charge in [0, 0.05) is 6.54 Å². The van der Waals surface area contributed by atoms with Crippen LogP contribution in [0.5, 0.6) is 0 Å². The lowest BCUT2D eigenvalue weighted by atomic mass is 10.0. The maximum Gasteiger partial charge on any atom is 0.0205 e. The zero-order valence-electron chi connectivity index (χ0n) is 8.15. The third-order valence-electron chi connectivity index (χ3n) is 2.31. The Labute approximate surface area is 74.8 Å². The Morgan fingerprint density at radius 1 is 1.25 bits per heavy atom. The molecule has 1 aromatic carbocycles. The molecule has 1 nitrogen and oxygen atoms in total. The molecule has 0 atom stereocenters. The van der Waals surface area contributed by atoms with E-state index in [0.29, 0.717) is 0 Å². The highest BCUT2D eigenvalue weighted by Gasteiger charge is 1.99. The topological polar surface area (TPSA) is 12.0 Å². The summed E-state index contributed by atoms with van der Waals surface area (Å²) in [5, 5.41) is 3.18. The molecule has 0 heterocycles. The second-order valence-corrected chi connectivity index (χ2v) is 3.09. The normalized spacial score (nSPS) is 10.2. The number of aryl methyl sites for hydroxylation is 1. The minimum Gasteiger partial charge on any atom is -0.316 e. The number of hydrogen-bond acceptors (Lipinski definition) is 1. The first kappa shape index (κ1) is 9.27. The van der Waals surface area contributed by atoms with Gasteiger partial charge in [0.15, 0.2) is 0 Å². The molecular weight excluding hydrogens is 146 g/mol. The third-order valence-corrected chi connectivity index (χ3v) is 2.31. The summed E-state index contributed by atoms with van der Waals surface area (Å²) in [5.74, 6) is 0. The molecule has 0 spiro atoms. The molecule has 0 aromatic heterocycles. The molecule has 1 aromatic rings. The molecule has 0 aliphatic rings. The van der Waals surface area contributed by atoms with Crippen LogP contribution < -0.4 is 5.32 Å². The monoisotopic (exact) mass is 163 g/mol. The summed E-state index contributed by atoms with van der Waals surface area (Å²) in [5.41, 5.74) is 4.31. The molecule has 0 radical (unpaired) electrons. The van der Waals surface area contributed by atoms with E-state index in [2.05, 4.69) is 37.4 Å². The molecule has 66 valence electrons. The maximum absolute atomic E-state index is 3.18. The van der Waals surface area contributed by atoms with Crippen molar-refractivity contribution in [3.63, 3.8) is 0 Å². The highest BCUT2D eigenvalue weighted by atomic mass is 14.8. The number of benzene rings is 1. The fourth-order valence-corrected chi connectivity index (χ4v) is 1.50. The molecule has 0 fully saturated rings. The number of nitrogens with one attached hydrogen (secondary N) is 1. The van der Waals surface area contributed by atoms with Crippen LogP contribution >= 0.6 is 0 Å². The highest BCUT2D eigenvalue weighted by molar-refractivity contribution is 5.33. The van der Waals surface area contributed by atoms with Gasteiger partial charge in [-0.15, -0.1) is 0 Å². The summed E-state index contributed by atoms with van der Waals surface area (Å²) in [6, 6.07) is 6.53. The lowest BCUT2D eigenvalue weighted by Gasteiger charge is -2.08. The third kappa shape index (κ3) is 1.86. The molecule has 0 saturated carbocycles. The van der Waals surface area contributed by atoms with Crippen LogP contribution in [0.15, 0.2) is 18.2 Å². The van der Waals surface area contributed by atoms with Gasteiger partial charge in [0.2, 0.25) is 0 Å². The van der Waals surface area contributed by atoms with Crippen LogP contribution in [0.2, 0.25) is 0 Å². The quantitative estimate of drug-likeness (QED) is 0.721. The molecule has 0 amide bonds. The maximum atomic E-state index is 3.18. The predicted octanol–water partition coefficient (Wildman–Crippen LogP) is 2.28. The fourth-order valence-electron chi connectivity index (χ4n) is 1.50. The molecule has 0 bridgehead atoms. The predicted molar refractivity (Wildman–Crippen MR) is 53.3 cm³/mol. The van der Waals surface area contributed by atoms with Crippen LogP contribution in [0.25, 0.3) is 0 Å². The van der Waals surface area contributed by atoms with Crippen molar-refractivity contribution in [1.29, 1.82) is 0 Å². The molecule has 0 aliphatic heterocycles. The van der Waals surface area contributed by atoms with E-state index < -0.39 is 0 Å². The Bertz CT molecular complexity index is 253. The average molecular weight is 163 g/mol. The van der Waals surface area contributed by atoms with Crippen molar-refractivity contribution >= 4 is 0 Å². The Morgan fingerprint density at radius 2 is 1.92 bits per heavy atom. The summed E-state index contributed by atoms with van der Waals surface area (Å²) in [7, 11) is 1.98. The van der Waals surface area contributed by atoms with Gasteiger partial charge >= 0.3 is 0 Å². The zero-order chi connectivity index (χ0) is 8.97. The van der Waals surface area contributed by atoms with Gasteiger partial charge in [-0.25, -0.2) is 0 Å². The summed E-state index contributed by atoms with van der Waals surface area (Å²) >= 11 is 0. The van der Waals surface area contributed by atoms with Crippen molar-refractivity contribution in [2.75, 3.05) is 7.05 Å². The molecule has 1 N–H and O–H groups in total. The Balaban J connectivity index is 2.97. The van der Waals surface area contributed by atoms with Gasteiger partial charge in [0.05, 0.1) is 0 Å². The molecule has 1 rings (SSSR count). The molecular formula is C11H17N. The van der Waals surface area contributed by atoms with Crippen molar-refractivity contribution in [3.8, 4) is 0 Å². The minimum absolute atomic E-state index is 0.972. The van der Waals surface area contributed by atoms with E-state index in [4.69, 9.17) is 0 Å². The lowest BCUT2D eigenvalue weighted by Crippen LogP contribution is -2.07. The van der Waals surface area contributed by atoms with Crippen LogP contribution in [0.4, 0.5) is 0 Å². The minimum atomic E-state index is 0.972. The van der Waals surface area contributed by atoms with Gasteiger partial charge in [-0.3, -0.25) is 0 Å². The van der Waals surface area contributed by atoms with E-state index in [1.54, 1.807) is 0 Å². The highest BCUT2D eigenvalue weighted by Crippen LogP contribution is 2.13. The van der Waals surface area contributed by atoms with Gasteiger partial charge in [-0.1, -0.05) is 25.1 Å². The second kappa shape index (κ2) is 4.27. The first-order valence-corrected chi connectivity index (χ1v) is 4.51. The molecule has 0 saturated heterocycles. The first-order valence-electron chi connectivity index (χ1n) is 4.51. The summed E-state index contributed by atoms with van der Waals surface area (Å²) in [6.07, 6.45) is 1.13. The Hall–Kier alpha value is -0.820. The van der Waals surface area contributed by atoms with Crippen molar-refractivity contribution in [3.05, 3.63) is 34.9 Å². The van der Waals surface area contributed by atoms with Crippen LogP contribution in [0, 0.1) is 6.92 Å². The van der Waals surface area contributed by atoms with Crippen molar-refractivity contribution in [2.24, 2.45) is 0 Å². The van der Waals surface area contributed by atoms with Crippen LogP contribution in [-0.4, -0.2) is 7.05 Å². The van der Waals surface area contributed by atoms with Gasteiger partial charge in [-0.05, 0) is 37.1 Å². The molecule has 12 heavy (non-hydrogen) atoms. The van der Waals surface area contributed by atoms with E-state index in [0.717, 1.165) is 13.0 Å². The fraction of sp³-hybridized carbons (Fsp3) is 0.455. The summed E-state index contributed by atoms with van der Waals surface area (Å²) < 4.78 is 0. The van der Waals surface area contributed by atoms with E-state index in [1.807, 2.05) is 7.05 Å². The van der Waals surface area contributed by atoms with Crippen LogP contribution in [0.3, 0.4) is 0 Å². The number of rotatable bonds is 3. The molecule has 0 aliphatic carbocycles. The average Bonchev–Trinajstić information content (AvgIpc) is 2.09. The lowest BCUT2D eigenvalue weighted by molar-refractivity contribution is 0.809. The first-order chi connectivity index (χ1) is 5.79. The Morgan fingerprint density at radius 3 is 2.50 bits per heavy atom. The largest absolute Gasteiger partial charge is 0.316 e. The zero-order valence-corrected chi connectivity index (χ0v) is 8.15. The van der Waals surface area contributed by atoms with Gasteiger partial charge in [0.1, 0.15) is 0 Å². The Kier molecular flexibility index (Phi) is 3.30. The van der Waals surface area contributed by atoms with Crippen molar-refractivity contribution in [1.82, 2.24) is 5.32 Å². The summed E-state index contributed by atoms with van der Waals surface area (Å²) in [4.78, 5) is 0. The number of hydrogen-bond donors (Lipinski definition) is 1. The van der Waals surface area contributed by atoms with Crippen LogP contribution in [0.1, 0.15) is 23.6 Å². The van der Waals surface area contributed by atoms with E-state index >= 15 is 0 Å². The van der Waals surface area contributed by atoms with Crippen molar-refractivity contribution < 1.29 is 0 Å². The SMILES string of the molecule is CCc1cccc(CNC)c1C. The van der Waals surface area contributed by atoms with Gasteiger partial charge in [0.25, 0.3) is 0 Å². The smallest absolute Gasteiger partial charge is 0.0205 e. The van der Waals surface area contributed by atoms with Crippen LogP contribution in [-0.2, 0) is 13.0 Å². The molecule has 0 unspecified atom stereocenters. The van der Waals surface area contributed by atoms with Gasteiger partial charge in [-0.2, -0.15) is 0 Å². The second-order valence-electron chi connectivity index (χ2n) is 3.09. The standard InChI is InChI=1S/C11H17N/c1-4-10-6-5-7-11(8-12-3)9(10)2/h5-7,12H,4,8H2,1-3H3. The van der Waals surface area contributed by atoms with E-state index in [-0.39, 0.29) is 0 Å². The van der Waals surface area contributed by atoms with E-state index in [1.165, 1.54) is 16.7 Å².